The number of sulfonamides is 1. The molecule has 0 bridgehead atoms. The summed E-state index contributed by atoms with van der Waals surface area (Å²) in [6.45, 7) is 2.29. The van der Waals surface area contributed by atoms with Gasteiger partial charge in [0.1, 0.15) is 11.8 Å². The summed E-state index contributed by atoms with van der Waals surface area (Å²) in [6, 6.07) is 4.24. The van der Waals surface area contributed by atoms with Crippen LogP contribution in [0.2, 0.25) is 0 Å². The van der Waals surface area contributed by atoms with E-state index in [0.29, 0.717) is 29.8 Å². The fourth-order valence-corrected chi connectivity index (χ4v) is 4.56. The lowest BCUT2D eigenvalue weighted by atomic mass is 10.0. The molecule has 1 fully saturated rings. The molecule has 1 aromatic rings. The van der Waals surface area contributed by atoms with Crippen molar-refractivity contribution >= 4 is 33.7 Å². The Labute approximate surface area is 185 Å². The van der Waals surface area contributed by atoms with Gasteiger partial charge in [-0.1, -0.05) is 6.92 Å². The lowest BCUT2D eigenvalue weighted by Crippen LogP contribution is -2.52. The molecule has 3 N–H and O–H groups in total. The van der Waals surface area contributed by atoms with Crippen LogP contribution in [0.15, 0.2) is 18.2 Å². The van der Waals surface area contributed by atoms with Crippen molar-refractivity contribution in [2.75, 3.05) is 25.4 Å². The number of nitrogens with zero attached hydrogens (tertiary/aromatic N) is 1. The van der Waals surface area contributed by atoms with Crippen LogP contribution in [0.4, 0.5) is 0 Å². The molecule has 11 nitrogen and oxygen atoms in total. The van der Waals surface area contributed by atoms with Crippen LogP contribution in [0, 0.1) is 0 Å². The van der Waals surface area contributed by atoms with Crippen molar-refractivity contribution in [1.82, 2.24) is 20.3 Å². The van der Waals surface area contributed by atoms with Crippen LogP contribution in [0.1, 0.15) is 42.1 Å². The molecule has 2 heterocycles. The lowest BCUT2D eigenvalue weighted by molar-refractivity contribution is -0.137. The Morgan fingerprint density at radius 2 is 2.06 bits per heavy atom. The number of piperidine rings is 1. The van der Waals surface area contributed by atoms with Crippen molar-refractivity contribution in [3.63, 3.8) is 0 Å². The maximum absolute atomic E-state index is 12.7. The zero-order chi connectivity index (χ0) is 23.3. The number of hydrogen-bond donors (Lipinski definition) is 3. The van der Waals surface area contributed by atoms with Gasteiger partial charge in [-0.15, -0.1) is 0 Å². The molecule has 12 heteroatoms. The molecular formula is C20H26N4O7S. The van der Waals surface area contributed by atoms with Gasteiger partial charge in [0.05, 0.1) is 18.8 Å². The Kier molecular flexibility index (Phi) is 7.46. The van der Waals surface area contributed by atoms with Gasteiger partial charge < -0.3 is 15.0 Å². The number of nitrogens with one attached hydrogen (secondary N) is 3. The van der Waals surface area contributed by atoms with E-state index in [4.69, 9.17) is 4.74 Å². The third kappa shape index (κ3) is 5.82. The first-order valence-electron chi connectivity index (χ1n) is 10.3. The van der Waals surface area contributed by atoms with E-state index in [-0.39, 0.29) is 56.0 Å². The second-order valence-corrected chi connectivity index (χ2v) is 9.41. The Bertz CT molecular complexity index is 1020. The van der Waals surface area contributed by atoms with Crippen LogP contribution in [-0.4, -0.2) is 68.4 Å². The molecule has 0 spiro atoms. The van der Waals surface area contributed by atoms with Crippen molar-refractivity contribution in [1.29, 1.82) is 0 Å². The van der Waals surface area contributed by atoms with Crippen molar-refractivity contribution in [3.8, 4) is 5.75 Å². The first-order chi connectivity index (χ1) is 15.2. The molecule has 174 valence electrons. The third-order valence-corrected chi connectivity index (χ3v) is 6.62. The summed E-state index contributed by atoms with van der Waals surface area (Å²) in [5.41, 5.74) is 1.18. The van der Waals surface area contributed by atoms with Crippen LogP contribution < -0.4 is 20.1 Å². The Hall–Kier alpha value is -2.99. The number of carbonyl (C=O) groups is 4. The number of amides is 4. The van der Waals surface area contributed by atoms with Crippen LogP contribution >= 0.6 is 0 Å². The number of hydrogen-bond acceptors (Lipinski definition) is 7. The van der Waals surface area contributed by atoms with Gasteiger partial charge in [0, 0.05) is 31.6 Å². The standard InChI is InChI=1S/C20H26N4O7S/c1-2-22-32(29,30)10-8-21-17(25)7-9-31-14-3-4-15-13(11-14)12-24(20(15)28)16-5-6-18(26)23-19(16)27/h3-4,11,16,22H,2,5-10,12H2,1H3,(H,21,25)(H,23,26,27). The van der Waals surface area contributed by atoms with Gasteiger partial charge in [-0.2, -0.15) is 0 Å². The van der Waals surface area contributed by atoms with E-state index in [0.717, 1.165) is 0 Å². The molecular weight excluding hydrogens is 440 g/mol. The van der Waals surface area contributed by atoms with Gasteiger partial charge >= 0.3 is 0 Å². The Morgan fingerprint density at radius 3 is 2.78 bits per heavy atom. The first-order valence-corrected chi connectivity index (χ1v) is 12.0. The quantitative estimate of drug-likeness (QED) is 0.385. The summed E-state index contributed by atoms with van der Waals surface area (Å²) in [6.07, 6.45) is 0.520. The maximum atomic E-state index is 12.7. The highest BCUT2D eigenvalue weighted by Crippen LogP contribution is 2.30. The third-order valence-electron chi connectivity index (χ3n) is 5.15. The average molecular weight is 467 g/mol. The molecule has 2 aliphatic heterocycles. The van der Waals surface area contributed by atoms with Gasteiger partial charge in [-0.05, 0) is 30.2 Å². The fourth-order valence-electron chi connectivity index (χ4n) is 3.61. The van der Waals surface area contributed by atoms with Crippen molar-refractivity contribution in [3.05, 3.63) is 29.3 Å². The molecule has 1 atom stereocenters. The Balaban J connectivity index is 1.47. The molecule has 1 aromatic carbocycles. The highest BCUT2D eigenvalue weighted by atomic mass is 32.2. The molecule has 4 amide bonds. The summed E-state index contributed by atoms with van der Waals surface area (Å²) in [4.78, 5) is 49.4. The normalized spacial score (nSPS) is 18.3. The molecule has 1 saturated heterocycles. The molecule has 0 aromatic heterocycles. The Morgan fingerprint density at radius 1 is 1.28 bits per heavy atom. The minimum atomic E-state index is -3.39. The topological polar surface area (TPSA) is 151 Å². The van der Waals surface area contributed by atoms with Gasteiger partial charge in [0.2, 0.25) is 27.7 Å². The number of carbonyl (C=O) groups excluding carboxylic acids is 4. The van der Waals surface area contributed by atoms with E-state index < -0.39 is 22.0 Å². The first kappa shape index (κ1) is 23.7. The van der Waals surface area contributed by atoms with Crippen LogP contribution in [-0.2, 0) is 31.0 Å². The van der Waals surface area contributed by atoms with E-state index >= 15 is 0 Å². The molecule has 0 aliphatic carbocycles. The van der Waals surface area contributed by atoms with Crippen molar-refractivity contribution in [2.45, 2.75) is 38.8 Å². The average Bonchev–Trinajstić information content (AvgIpc) is 3.03. The van der Waals surface area contributed by atoms with Gasteiger partial charge in [-0.3, -0.25) is 24.5 Å². The largest absolute Gasteiger partial charge is 0.493 e. The van der Waals surface area contributed by atoms with Crippen molar-refractivity contribution in [2.24, 2.45) is 0 Å². The summed E-state index contributed by atoms with van der Waals surface area (Å²) >= 11 is 0. The van der Waals surface area contributed by atoms with Crippen LogP contribution in [0.3, 0.4) is 0 Å². The monoisotopic (exact) mass is 466 g/mol. The second kappa shape index (κ2) is 10.1. The van der Waals surface area contributed by atoms with E-state index in [1.165, 1.54) is 4.90 Å². The molecule has 3 rings (SSSR count). The van der Waals surface area contributed by atoms with Gasteiger partial charge in [0.25, 0.3) is 5.91 Å². The molecule has 0 radical (unpaired) electrons. The van der Waals surface area contributed by atoms with Crippen LogP contribution in [0.5, 0.6) is 5.75 Å². The predicted octanol–water partition coefficient (Wildman–Crippen LogP) is -0.728. The van der Waals surface area contributed by atoms with Gasteiger partial charge in [-0.25, -0.2) is 13.1 Å². The highest BCUT2D eigenvalue weighted by molar-refractivity contribution is 7.89. The minimum absolute atomic E-state index is 0.00526. The molecule has 2 aliphatic rings. The highest BCUT2D eigenvalue weighted by Gasteiger charge is 2.39. The number of benzene rings is 1. The van der Waals surface area contributed by atoms with E-state index in [1.807, 2.05) is 0 Å². The molecule has 0 saturated carbocycles. The van der Waals surface area contributed by atoms with E-state index in [2.05, 4.69) is 15.4 Å². The lowest BCUT2D eigenvalue weighted by Gasteiger charge is -2.29. The van der Waals surface area contributed by atoms with Crippen LogP contribution in [0.25, 0.3) is 0 Å². The maximum Gasteiger partial charge on any atom is 0.255 e. The smallest absolute Gasteiger partial charge is 0.255 e. The summed E-state index contributed by atoms with van der Waals surface area (Å²) < 4.78 is 31.0. The SMILES string of the molecule is CCNS(=O)(=O)CCNC(=O)CCOc1ccc2c(c1)CN(C1CCC(=O)NC1=O)C2=O. The number of fused-ring (bicyclic) bond motifs is 1. The van der Waals surface area contributed by atoms with E-state index in [9.17, 15) is 27.6 Å². The van der Waals surface area contributed by atoms with Crippen molar-refractivity contribution < 1.29 is 32.3 Å². The zero-order valence-corrected chi connectivity index (χ0v) is 18.5. The van der Waals surface area contributed by atoms with Gasteiger partial charge in [0.15, 0.2) is 0 Å². The molecule has 1 unspecified atom stereocenters. The minimum Gasteiger partial charge on any atom is -0.493 e. The second-order valence-electron chi connectivity index (χ2n) is 7.48. The number of imide groups is 1. The number of rotatable bonds is 10. The fraction of sp³-hybridized carbons (Fsp3) is 0.500. The summed E-state index contributed by atoms with van der Waals surface area (Å²) in [5, 5.41) is 4.79. The summed E-state index contributed by atoms with van der Waals surface area (Å²) in [5.74, 6) is -1.14. The van der Waals surface area contributed by atoms with E-state index in [1.54, 1.807) is 25.1 Å². The number of ether oxygens (including phenoxy) is 1. The predicted molar refractivity (Wildman–Crippen MR) is 113 cm³/mol. The zero-order valence-electron chi connectivity index (χ0n) is 17.7. The summed E-state index contributed by atoms with van der Waals surface area (Å²) in [7, 11) is -3.39. The molecule has 32 heavy (non-hydrogen) atoms.